The standard InChI is InChI=1S/C21H22N4O4S2/c1-25(16-9-10-16)31(27,28)18-11-7-15(8-12-18)20(26)22-21-24-23-19(29-21)13-14-30-17-5-3-2-4-6-17/h2-8,11-12,16H,9-10,13-14H2,1H3,(H,22,24,26). The van der Waals surface area contributed by atoms with Crippen molar-refractivity contribution in [3.63, 3.8) is 0 Å². The van der Waals surface area contributed by atoms with E-state index in [1.165, 1.54) is 28.6 Å². The largest absolute Gasteiger partial charge is 0.408 e. The second-order valence-electron chi connectivity index (χ2n) is 7.14. The van der Waals surface area contributed by atoms with Crippen molar-refractivity contribution in [3.05, 3.63) is 66.1 Å². The van der Waals surface area contributed by atoms with Crippen LogP contribution < -0.4 is 5.32 Å². The fourth-order valence-corrected chi connectivity index (χ4v) is 5.20. The fourth-order valence-electron chi connectivity index (χ4n) is 2.93. The van der Waals surface area contributed by atoms with Crippen molar-refractivity contribution in [2.45, 2.75) is 35.1 Å². The third kappa shape index (κ3) is 5.33. The van der Waals surface area contributed by atoms with Crippen molar-refractivity contribution in [3.8, 4) is 0 Å². The Balaban J connectivity index is 1.32. The molecular formula is C21H22N4O4S2. The van der Waals surface area contributed by atoms with Gasteiger partial charge in [-0.25, -0.2) is 8.42 Å². The van der Waals surface area contributed by atoms with Gasteiger partial charge in [0.15, 0.2) is 0 Å². The predicted molar refractivity (Wildman–Crippen MR) is 118 cm³/mol. The Hall–Kier alpha value is -2.69. The Morgan fingerprint density at radius 1 is 1.13 bits per heavy atom. The maximum Gasteiger partial charge on any atom is 0.322 e. The van der Waals surface area contributed by atoms with Gasteiger partial charge in [0.25, 0.3) is 5.91 Å². The minimum Gasteiger partial charge on any atom is -0.408 e. The first-order chi connectivity index (χ1) is 14.9. The summed E-state index contributed by atoms with van der Waals surface area (Å²) in [6, 6.07) is 15.9. The van der Waals surface area contributed by atoms with Gasteiger partial charge in [-0.2, -0.15) is 4.31 Å². The highest BCUT2D eigenvalue weighted by atomic mass is 32.2. The van der Waals surface area contributed by atoms with Crippen molar-refractivity contribution in [1.29, 1.82) is 0 Å². The minimum absolute atomic E-state index is 0.00914. The molecule has 1 N–H and O–H groups in total. The molecule has 1 aliphatic carbocycles. The normalized spacial score (nSPS) is 14.0. The van der Waals surface area contributed by atoms with E-state index in [0.717, 1.165) is 23.5 Å². The SMILES string of the molecule is CN(C1CC1)S(=O)(=O)c1ccc(C(=O)Nc2nnc(CCSc3ccccc3)o2)cc1. The number of rotatable bonds is 9. The average Bonchev–Trinajstić information content (AvgIpc) is 3.54. The molecule has 0 radical (unpaired) electrons. The number of amides is 1. The average molecular weight is 459 g/mol. The van der Waals surface area contributed by atoms with E-state index in [1.54, 1.807) is 18.8 Å². The summed E-state index contributed by atoms with van der Waals surface area (Å²) in [4.78, 5) is 13.8. The van der Waals surface area contributed by atoms with Crippen LogP contribution in [0.15, 0.2) is 68.8 Å². The second-order valence-corrected chi connectivity index (χ2v) is 10.3. The zero-order valence-electron chi connectivity index (χ0n) is 16.9. The molecule has 1 heterocycles. The van der Waals surface area contributed by atoms with E-state index in [9.17, 15) is 13.2 Å². The molecule has 1 amide bonds. The molecule has 0 aliphatic heterocycles. The Morgan fingerprint density at radius 3 is 2.52 bits per heavy atom. The minimum atomic E-state index is -3.54. The molecule has 4 rings (SSSR count). The molecule has 1 fully saturated rings. The van der Waals surface area contributed by atoms with Gasteiger partial charge in [-0.15, -0.1) is 16.9 Å². The fraction of sp³-hybridized carbons (Fsp3) is 0.286. The van der Waals surface area contributed by atoms with Crippen LogP contribution in [0.4, 0.5) is 6.01 Å². The van der Waals surface area contributed by atoms with Crippen LogP contribution >= 0.6 is 11.8 Å². The summed E-state index contributed by atoms with van der Waals surface area (Å²) < 4.78 is 32.0. The molecule has 3 aromatic rings. The summed E-state index contributed by atoms with van der Waals surface area (Å²) in [7, 11) is -1.96. The van der Waals surface area contributed by atoms with Gasteiger partial charge >= 0.3 is 6.01 Å². The number of hydrogen-bond acceptors (Lipinski definition) is 7. The number of carbonyl (C=O) groups excluding carboxylic acids is 1. The van der Waals surface area contributed by atoms with Gasteiger partial charge in [0.1, 0.15) is 0 Å². The molecule has 0 spiro atoms. The molecule has 8 nitrogen and oxygen atoms in total. The van der Waals surface area contributed by atoms with E-state index in [0.29, 0.717) is 17.9 Å². The van der Waals surface area contributed by atoms with Gasteiger partial charge in [-0.3, -0.25) is 10.1 Å². The summed E-state index contributed by atoms with van der Waals surface area (Å²) in [5, 5.41) is 10.4. The summed E-state index contributed by atoms with van der Waals surface area (Å²) in [6.07, 6.45) is 2.34. The van der Waals surface area contributed by atoms with Crippen molar-refractivity contribution < 1.29 is 17.6 Å². The van der Waals surface area contributed by atoms with Gasteiger partial charge in [-0.05, 0) is 49.2 Å². The van der Waals surface area contributed by atoms with Gasteiger partial charge in [0.05, 0.1) is 4.90 Å². The zero-order chi connectivity index (χ0) is 21.8. The van der Waals surface area contributed by atoms with Crippen LogP contribution in [-0.4, -0.2) is 47.7 Å². The molecule has 1 saturated carbocycles. The molecule has 10 heteroatoms. The first-order valence-corrected chi connectivity index (χ1v) is 12.3. The maximum atomic E-state index is 12.6. The molecular weight excluding hydrogens is 436 g/mol. The van der Waals surface area contributed by atoms with Gasteiger partial charge in [0.2, 0.25) is 15.9 Å². The number of carbonyl (C=O) groups is 1. The number of sulfonamides is 1. The van der Waals surface area contributed by atoms with Crippen molar-refractivity contribution in [1.82, 2.24) is 14.5 Å². The van der Waals surface area contributed by atoms with E-state index in [2.05, 4.69) is 15.5 Å². The van der Waals surface area contributed by atoms with E-state index in [-0.39, 0.29) is 17.0 Å². The molecule has 0 bridgehead atoms. The number of nitrogens with zero attached hydrogens (tertiary/aromatic N) is 3. The number of aryl methyl sites for hydroxylation is 1. The van der Waals surface area contributed by atoms with E-state index < -0.39 is 15.9 Å². The lowest BCUT2D eigenvalue weighted by Gasteiger charge is -2.16. The molecule has 162 valence electrons. The molecule has 1 aliphatic rings. The maximum absolute atomic E-state index is 12.6. The number of anilines is 1. The monoisotopic (exact) mass is 458 g/mol. The summed E-state index contributed by atoms with van der Waals surface area (Å²) >= 11 is 1.68. The highest BCUT2D eigenvalue weighted by molar-refractivity contribution is 7.99. The lowest BCUT2D eigenvalue weighted by molar-refractivity contribution is 0.102. The van der Waals surface area contributed by atoms with Crippen LogP contribution in [-0.2, 0) is 16.4 Å². The van der Waals surface area contributed by atoms with E-state index in [1.807, 2.05) is 30.3 Å². The van der Waals surface area contributed by atoms with Crippen molar-refractivity contribution >= 4 is 33.7 Å². The Labute approximate surface area is 185 Å². The number of thioether (sulfide) groups is 1. The Kier molecular flexibility index (Phi) is 6.40. The van der Waals surface area contributed by atoms with E-state index >= 15 is 0 Å². The van der Waals surface area contributed by atoms with Gasteiger partial charge < -0.3 is 4.42 Å². The van der Waals surface area contributed by atoms with Crippen molar-refractivity contribution in [2.24, 2.45) is 0 Å². The summed E-state index contributed by atoms with van der Waals surface area (Å²) in [6.45, 7) is 0. The van der Waals surface area contributed by atoms with Gasteiger partial charge in [-0.1, -0.05) is 23.3 Å². The topological polar surface area (TPSA) is 105 Å². The first kappa shape index (κ1) is 21.5. The molecule has 1 aromatic heterocycles. The molecule has 31 heavy (non-hydrogen) atoms. The summed E-state index contributed by atoms with van der Waals surface area (Å²) in [5.74, 6) is 0.752. The molecule has 0 unspecified atom stereocenters. The van der Waals surface area contributed by atoms with Crippen LogP contribution in [0.2, 0.25) is 0 Å². The smallest absolute Gasteiger partial charge is 0.322 e. The number of aromatic nitrogens is 2. The lowest BCUT2D eigenvalue weighted by Crippen LogP contribution is -2.29. The van der Waals surface area contributed by atoms with Gasteiger partial charge in [0, 0.05) is 35.7 Å². The number of nitrogens with one attached hydrogen (secondary N) is 1. The summed E-state index contributed by atoms with van der Waals surface area (Å²) in [5.41, 5.74) is 0.299. The third-order valence-electron chi connectivity index (χ3n) is 4.87. The first-order valence-electron chi connectivity index (χ1n) is 9.83. The molecule has 0 atom stereocenters. The molecule has 0 saturated heterocycles. The van der Waals surface area contributed by atoms with Crippen LogP contribution in [0.1, 0.15) is 29.1 Å². The number of hydrogen-bond donors (Lipinski definition) is 1. The Bertz CT molecular complexity index is 1140. The Morgan fingerprint density at radius 2 is 1.84 bits per heavy atom. The van der Waals surface area contributed by atoms with Crippen LogP contribution in [0.5, 0.6) is 0 Å². The quantitative estimate of drug-likeness (QED) is 0.490. The zero-order valence-corrected chi connectivity index (χ0v) is 18.5. The highest BCUT2D eigenvalue weighted by Crippen LogP contribution is 2.30. The number of benzene rings is 2. The lowest BCUT2D eigenvalue weighted by atomic mass is 10.2. The van der Waals surface area contributed by atoms with Crippen LogP contribution in [0.25, 0.3) is 0 Å². The highest BCUT2D eigenvalue weighted by Gasteiger charge is 2.35. The molecule has 2 aromatic carbocycles. The predicted octanol–water partition coefficient (Wildman–Crippen LogP) is 3.44. The van der Waals surface area contributed by atoms with Crippen LogP contribution in [0, 0.1) is 0 Å². The van der Waals surface area contributed by atoms with E-state index in [4.69, 9.17) is 4.42 Å². The second kappa shape index (κ2) is 9.21. The third-order valence-corrected chi connectivity index (χ3v) is 7.81. The van der Waals surface area contributed by atoms with Crippen LogP contribution in [0.3, 0.4) is 0 Å². The van der Waals surface area contributed by atoms with Crippen molar-refractivity contribution in [2.75, 3.05) is 18.1 Å².